The smallest absolute Gasteiger partial charge is 0.135 e. The summed E-state index contributed by atoms with van der Waals surface area (Å²) in [6.45, 7) is 2.16. The molecule has 1 unspecified atom stereocenters. The average molecular weight is 321 g/mol. The number of nitrogens with one attached hydrogen (secondary N) is 1. The van der Waals surface area contributed by atoms with Crippen molar-refractivity contribution in [3.05, 3.63) is 72.0 Å². The van der Waals surface area contributed by atoms with Crippen molar-refractivity contribution in [2.24, 2.45) is 5.92 Å². The third kappa shape index (κ3) is 3.00. The molecule has 0 aliphatic carbocycles. The van der Waals surface area contributed by atoms with Gasteiger partial charge in [0, 0.05) is 10.8 Å². The van der Waals surface area contributed by atoms with Gasteiger partial charge in [-0.2, -0.15) is 0 Å². The summed E-state index contributed by atoms with van der Waals surface area (Å²) < 4.78 is 20.2. The lowest BCUT2D eigenvalue weighted by molar-refractivity contribution is 0.471. The summed E-state index contributed by atoms with van der Waals surface area (Å²) in [5.74, 6) is 1.99. The van der Waals surface area contributed by atoms with Gasteiger partial charge in [-0.15, -0.1) is 0 Å². The third-order valence-corrected chi connectivity index (χ3v) is 4.69. The summed E-state index contributed by atoms with van der Waals surface area (Å²) in [4.78, 5) is 0. The zero-order valence-corrected chi connectivity index (χ0v) is 13.5. The van der Waals surface area contributed by atoms with Gasteiger partial charge in [0.15, 0.2) is 0 Å². The fraction of sp³-hybridized carbons (Fsp3) is 0.238. The topological polar surface area (TPSA) is 21.3 Å². The monoisotopic (exact) mass is 321 g/mol. The summed E-state index contributed by atoms with van der Waals surface area (Å²) in [6.07, 6.45) is 2.20. The zero-order chi connectivity index (χ0) is 16.4. The molecule has 0 amide bonds. The molecule has 1 aliphatic heterocycles. The SMILES string of the molecule is Fc1ccc(Oc2ccccc2CC2CCNC2)c2ccccc12. The maximum Gasteiger partial charge on any atom is 0.135 e. The molecule has 2 nitrogen and oxygen atoms in total. The van der Waals surface area contributed by atoms with E-state index in [1.165, 1.54) is 18.1 Å². The number of halogens is 1. The Balaban J connectivity index is 1.67. The number of hydrogen-bond acceptors (Lipinski definition) is 2. The first-order valence-electron chi connectivity index (χ1n) is 8.45. The van der Waals surface area contributed by atoms with Crippen LogP contribution in [0.4, 0.5) is 4.39 Å². The Labute approximate surface area is 141 Å². The van der Waals surface area contributed by atoms with Crippen LogP contribution >= 0.6 is 0 Å². The second-order valence-corrected chi connectivity index (χ2v) is 6.36. The Morgan fingerprint density at radius 1 is 0.917 bits per heavy atom. The molecule has 122 valence electrons. The Kier molecular flexibility index (Phi) is 4.18. The number of ether oxygens (including phenoxy) is 1. The Morgan fingerprint density at radius 3 is 2.54 bits per heavy atom. The van der Waals surface area contributed by atoms with Crippen LogP contribution in [-0.4, -0.2) is 13.1 Å². The summed E-state index contributed by atoms with van der Waals surface area (Å²) in [7, 11) is 0. The van der Waals surface area contributed by atoms with E-state index < -0.39 is 0 Å². The van der Waals surface area contributed by atoms with Crippen molar-refractivity contribution in [1.82, 2.24) is 5.32 Å². The molecule has 0 aromatic heterocycles. The highest BCUT2D eigenvalue weighted by Crippen LogP contribution is 2.34. The van der Waals surface area contributed by atoms with Crippen molar-refractivity contribution in [2.75, 3.05) is 13.1 Å². The van der Waals surface area contributed by atoms with Crippen molar-refractivity contribution < 1.29 is 9.13 Å². The largest absolute Gasteiger partial charge is 0.456 e. The quantitative estimate of drug-likeness (QED) is 0.736. The molecule has 0 spiro atoms. The van der Waals surface area contributed by atoms with Gasteiger partial charge in [-0.1, -0.05) is 42.5 Å². The lowest BCUT2D eigenvalue weighted by Gasteiger charge is -2.15. The maximum absolute atomic E-state index is 14.0. The van der Waals surface area contributed by atoms with Crippen LogP contribution < -0.4 is 10.1 Å². The van der Waals surface area contributed by atoms with Crippen molar-refractivity contribution in [1.29, 1.82) is 0 Å². The summed E-state index contributed by atoms with van der Waals surface area (Å²) in [6, 6.07) is 18.8. The highest BCUT2D eigenvalue weighted by Gasteiger charge is 2.17. The molecule has 3 heteroatoms. The number of para-hydroxylation sites is 1. The van der Waals surface area contributed by atoms with Gasteiger partial charge in [0.05, 0.1) is 0 Å². The molecule has 0 radical (unpaired) electrons. The predicted molar refractivity (Wildman–Crippen MR) is 95.1 cm³/mol. The molecule has 3 aromatic carbocycles. The molecule has 1 atom stereocenters. The predicted octanol–water partition coefficient (Wildman–Crippen LogP) is 4.92. The summed E-state index contributed by atoms with van der Waals surface area (Å²) >= 11 is 0. The fourth-order valence-corrected chi connectivity index (χ4v) is 3.41. The second-order valence-electron chi connectivity index (χ2n) is 6.36. The highest BCUT2D eigenvalue weighted by molar-refractivity contribution is 5.89. The molecule has 1 N–H and O–H groups in total. The molecule has 1 saturated heterocycles. The van der Waals surface area contributed by atoms with E-state index in [0.29, 0.717) is 17.1 Å². The molecule has 1 heterocycles. The minimum atomic E-state index is -0.219. The van der Waals surface area contributed by atoms with E-state index in [-0.39, 0.29) is 5.82 Å². The third-order valence-electron chi connectivity index (χ3n) is 4.69. The lowest BCUT2D eigenvalue weighted by Crippen LogP contribution is -2.11. The van der Waals surface area contributed by atoms with Gasteiger partial charge in [0.1, 0.15) is 17.3 Å². The summed E-state index contributed by atoms with van der Waals surface area (Å²) in [5.41, 5.74) is 1.21. The molecular formula is C21H20FNO. The zero-order valence-electron chi connectivity index (χ0n) is 13.5. The van der Waals surface area contributed by atoms with Crippen molar-refractivity contribution in [3.8, 4) is 11.5 Å². The van der Waals surface area contributed by atoms with Gasteiger partial charge < -0.3 is 10.1 Å². The molecule has 4 rings (SSSR count). The molecule has 0 bridgehead atoms. The van der Waals surface area contributed by atoms with Gasteiger partial charge in [0.2, 0.25) is 0 Å². The second kappa shape index (κ2) is 6.62. The number of benzene rings is 3. The normalized spacial score (nSPS) is 17.3. The van der Waals surface area contributed by atoms with Crippen LogP contribution in [0.3, 0.4) is 0 Å². The number of hydrogen-bond donors (Lipinski definition) is 1. The Morgan fingerprint density at radius 2 is 1.71 bits per heavy atom. The average Bonchev–Trinajstić information content (AvgIpc) is 3.12. The van der Waals surface area contributed by atoms with Gasteiger partial charge in [0.25, 0.3) is 0 Å². The lowest BCUT2D eigenvalue weighted by atomic mass is 9.98. The molecular weight excluding hydrogens is 301 g/mol. The van der Waals surface area contributed by atoms with E-state index >= 15 is 0 Å². The fourth-order valence-electron chi connectivity index (χ4n) is 3.41. The maximum atomic E-state index is 14.0. The number of fused-ring (bicyclic) bond motifs is 1. The first kappa shape index (κ1) is 15.2. The van der Waals surface area contributed by atoms with E-state index in [1.54, 1.807) is 12.1 Å². The van der Waals surface area contributed by atoms with Gasteiger partial charge in [-0.05, 0) is 55.6 Å². The van der Waals surface area contributed by atoms with E-state index in [0.717, 1.165) is 30.6 Å². The van der Waals surface area contributed by atoms with Crippen LogP contribution in [0.25, 0.3) is 10.8 Å². The first-order chi connectivity index (χ1) is 11.8. The minimum Gasteiger partial charge on any atom is -0.456 e. The molecule has 1 aliphatic rings. The van der Waals surface area contributed by atoms with E-state index in [2.05, 4.69) is 11.4 Å². The Bertz CT molecular complexity index is 855. The van der Waals surface area contributed by atoms with Gasteiger partial charge in [-0.25, -0.2) is 4.39 Å². The van der Waals surface area contributed by atoms with E-state index in [1.807, 2.05) is 36.4 Å². The van der Waals surface area contributed by atoms with E-state index in [4.69, 9.17) is 4.74 Å². The van der Waals surface area contributed by atoms with Crippen LogP contribution in [0.5, 0.6) is 11.5 Å². The van der Waals surface area contributed by atoms with Crippen molar-refractivity contribution in [3.63, 3.8) is 0 Å². The summed E-state index contributed by atoms with van der Waals surface area (Å²) in [5, 5.41) is 4.80. The van der Waals surface area contributed by atoms with Crippen LogP contribution in [0.2, 0.25) is 0 Å². The van der Waals surface area contributed by atoms with Crippen LogP contribution in [0.15, 0.2) is 60.7 Å². The molecule has 0 saturated carbocycles. The molecule has 1 fully saturated rings. The minimum absolute atomic E-state index is 0.219. The standard InChI is InChI=1S/C21H20FNO/c22-19-9-10-21(18-7-3-2-6-17(18)19)24-20-8-4-1-5-16(20)13-15-11-12-23-14-15/h1-10,15,23H,11-14H2. The highest BCUT2D eigenvalue weighted by atomic mass is 19.1. The number of rotatable bonds is 4. The van der Waals surface area contributed by atoms with Crippen LogP contribution in [0.1, 0.15) is 12.0 Å². The van der Waals surface area contributed by atoms with Crippen LogP contribution in [-0.2, 0) is 6.42 Å². The van der Waals surface area contributed by atoms with E-state index in [9.17, 15) is 4.39 Å². The molecule has 24 heavy (non-hydrogen) atoms. The van der Waals surface area contributed by atoms with Crippen molar-refractivity contribution in [2.45, 2.75) is 12.8 Å². The van der Waals surface area contributed by atoms with Gasteiger partial charge >= 0.3 is 0 Å². The molecule has 3 aromatic rings. The van der Waals surface area contributed by atoms with Crippen LogP contribution in [0, 0.1) is 11.7 Å². The van der Waals surface area contributed by atoms with Gasteiger partial charge in [-0.3, -0.25) is 0 Å². The van der Waals surface area contributed by atoms with Crippen molar-refractivity contribution >= 4 is 10.8 Å². The Hall–Kier alpha value is -2.39. The first-order valence-corrected chi connectivity index (χ1v) is 8.45.